The molecule has 234 valence electrons. The van der Waals surface area contributed by atoms with E-state index in [1.165, 1.54) is 64.4 Å². The van der Waals surface area contributed by atoms with Crippen molar-refractivity contribution in [3.8, 4) is 5.75 Å². The fourth-order valence-corrected chi connectivity index (χ4v) is 6.13. The van der Waals surface area contributed by atoms with E-state index in [1.54, 1.807) is 12.1 Å². The number of anilines is 1. The highest BCUT2D eigenvalue weighted by molar-refractivity contribution is 7.83. The smallest absolute Gasteiger partial charge is 0.410 e. The van der Waals surface area contributed by atoms with Crippen molar-refractivity contribution in [2.75, 3.05) is 31.1 Å². The number of phenolic OH excluding ortho intramolecular Hbond substituents is 1. The largest absolute Gasteiger partial charge is 0.735 e. The third kappa shape index (κ3) is 6.83. The number of aliphatic hydroxyl groups excluding tert-OH is 1. The van der Waals surface area contributed by atoms with Crippen LogP contribution in [0.25, 0.3) is 0 Å². The molecule has 2 saturated heterocycles. The van der Waals surface area contributed by atoms with Gasteiger partial charge in [0.15, 0.2) is 10.3 Å². The molecule has 2 heterocycles. The van der Waals surface area contributed by atoms with Gasteiger partial charge in [0.05, 0.1) is 18.1 Å². The summed E-state index contributed by atoms with van der Waals surface area (Å²) in [6.07, 6.45) is -1.20. The van der Waals surface area contributed by atoms with Gasteiger partial charge in [-0.05, 0) is 66.4 Å². The fraction of sp³-hybridized carbons (Fsp3) is 0.333. The zero-order valence-electron chi connectivity index (χ0n) is 23.4. The van der Waals surface area contributed by atoms with E-state index in [-0.39, 0.29) is 57.3 Å². The second-order valence-corrected chi connectivity index (χ2v) is 12.0. The second kappa shape index (κ2) is 12.9. The number of carbonyl (C=O) groups is 2. The van der Waals surface area contributed by atoms with Gasteiger partial charge in [-0.2, -0.15) is 0 Å². The third-order valence-electron chi connectivity index (χ3n) is 7.91. The molecule has 0 unspecified atom stereocenters. The maximum Gasteiger partial charge on any atom is 0.410 e. The van der Waals surface area contributed by atoms with Crippen LogP contribution in [0.5, 0.6) is 5.75 Å². The van der Waals surface area contributed by atoms with Crippen LogP contribution in [0.4, 0.5) is 19.3 Å². The highest BCUT2D eigenvalue weighted by atomic mass is 32.2. The maximum absolute atomic E-state index is 13.6. The number of hydrogen-bond acceptors (Lipinski definition) is 8. The average Bonchev–Trinajstić information content (AvgIpc) is 3.00. The van der Waals surface area contributed by atoms with E-state index in [2.05, 4.69) is 0 Å². The standard InChI is InChI=1S/C30H31F2N3O8S/c31-21-4-2-20(3-5-21)26(36)12-11-25-28(35(29(25)38)23-8-6-22(32)7-9-23)24-10-1-19(17-27(24)37)18-43-30(39)33-13-15-34(16-14-33)44(40,41)42/h1-10,17,25-26,28,36-37H,11-16,18H2,(H,40,41,42)/p-1/t25-,26+,28-/m1/s1. The molecular weight excluding hydrogens is 600 g/mol. The highest BCUT2D eigenvalue weighted by Gasteiger charge is 2.49. The predicted octanol–water partition coefficient (Wildman–Crippen LogP) is 3.60. The number of β-lactam (4-membered cyclic amide) rings is 1. The molecule has 2 fully saturated rings. The lowest BCUT2D eigenvalue weighted by molar-refractivity contribution is -0.131. The van der Waals surface area contributed by atoms with Gasteiger partial charge in [0.25, 0.3) is 0 Å². The van der Waals surface area contributed by atoms with E-state index in [9.17, 15) is 41.6 Å². The number of benzene rings is 3. The Balaban J connectivity index is 1.28. The molecule has 14 heteroatoms. The van der Waals surface area contributed by atoms with E-state index in [1.807, 2.05) is 0 Å². The molecule has 0 saturated carbocycles. The summed E-state index contributed by atoms with van der Waals surface area (Å²) < 4.78 is 66.4. The number of ether oxygens (including phenoxy) is 1. The molecule has 2 aliphatic heterocycles. The van der Waals surface area contributed by atoms with E-state index in [0.29, 0.717) is 22.4 Å². The summed E-state index contributed by atoms with van der Waals surface area (Å²) in [5.41, 5.74) is 1.78. The lowest BCUT2D eigenvalue weighted by atomic mass is 9.77. The zero-order chi connectivity index (χ0) is 31.6. The van der Waals surface area contributed by atoms with E-state index >= 15 is 0 Å². The lowest BCUT2D eigenvalue weighted by Gasteiger charge is -2.48. The topological polar surface area (TPSA) is 151 Å². The maximum atomic E-state index is 13.6. The molecule has 44 heavy (non-hydrogen) atoms. The number of carbonyl (C=O) groups excluding carboxylic acids is 2. The monoisotopic (exact) mass is 630 g/mol. The molecule has 0 spiro atoms. The van der Waals surface area contributed by atoms with Gasteiger partial charge >= 0.3 is 6.09 Å². The Hall–Kier alpha value is -4.11. The molecule has 5 rings (SSSR count). The predicted molar refractivity (Wildman–Crippen MR) is 152 cm³/mol. The summed E-state index contributed by atoms with van der Waals surface area (Å²) >= 11 is 0. The average molecular weight is 631 g/mol. The summed E-state index contributed by atoms with van der Waals surface area (Å²) in [4.78, 5) is 28.5. The molecule has 2 amide bonds. The van der Waals surface area contributed by atoms with Crippen LogP contribution in [-0.2, 0) is 26.4 Å². The van der Waals surface area contributed by atoms with Gasteiger partial charge in [-0.3, -0.25) is 4.79 Å². The van der Waals surface area contributed by atoms with E-state index in [0.717, 1.165) is 4.31 Å². The first kappa shape index (κ1) is 31.3. The Morgan fingerprint density at radius 2 is 1.59 bits per heavy atom. The highest BCUT2D eigenvalue weighted by Crippen LogP contribution is 2.48. The van der Waals surface area contributed by atoms with E-state index in [4.69, 9.17) is 4.74 Å². The first-order chi connectivity index (χ1) is 20.9. The van der Waals surface area contributed by atoms with Crippen molar-refractivity contribution in [2.45, 2.75) is 31.6 Å². The van der Waals surface area contributed by atoms with Crippen LogP contribution in [0.15, 0.2) is 66.7 Å². The van der Waals surface area contributed by atoms with Crippen molar-refractivity contribution in [1.29, 1.82) is 0 Å². The first-order valence-corrected chi connectivity index (χ1v) is 15.3. The molecule has 11 nitrogen and oxygen atoms in total. The molecule has 0 radical (unpaired) electrons. The van der Waals surface area contributed by atoms with Gasteiger partial charge < -0.3 is 29.3 Å². The minimum Gasteiger partial charge on any atom is -0.735 e. The number of piperazine rings is 1. The molecule has 0 bridgehead atoms. The van der Waals surface area contributed by atoms with Gasteiger partial charge in [-0.1, -0.05) is 24.3 Å². The molecule has 3 aromatic carbocycles. The van der Waals surface area contributed by atoms with Gasteiger partial charge in [-0.15, -0.1) is 0 Å². The van der Waals surface area contributed by atoms with Gasteiger partial charge in [0.2, 0.25) is 5.91 Å². The summed E-state index contributed by atoms with van der Waals surface area (Å²) in [6, 6.07) is 14.8. The molecule has 2 aliphatic rings. The molecule has 3 atom stereocenters. The van der Waals surface area contributed by atoms with Crippen molar-refractivity contribution in [3.05, 3.63) is 95.1 Å². The minimum absolute atomic E-state index is 0.00331. The lowest BCUT2D eigenvalue weighted by Crippen LogP contribution is -2.55. The van der Waals surface area contributed by atoms with Crippen LogP contribution >= 0.6 is 0 Å². The Labute approximate surface area is 252 Å². The van der Waals surface area contributed by atoms with Crippen molar-refractivity contribution in [2.24, 2.45) is 5.92 Å². The first-order valence-electron chi connectivity index (χ1n) is 13.9. The Kier molecular flexibility index (Phi) is 9.15. The van der Waals surface area contributed by atoms with Crippen LogP contribution in [0.2, 0.25) is 0 Å². The van der Waals surface area contributed by atoms with Crippen LogP contribution in [0.1, 0.15) is 41.7 Å². The zero-order valence-corrected chi connectivity index (χ0v) is 24.2. The quantitative estimate of drug-likeness (QED) is 0.269. The number of halogens is 2. The Morgan fingerprint density at radius 3 is 2.18 bits per heavy atom. The Morgan fingerprint density at radius 1 is 0.977 bits per heavy atom. The van der Waals surface area contributed by atoms with Crippen LogP contribution in [-0.4, -0.2) is 70.6 Å². The van der Waals surface area contributed by atoms with Crippen molar-refractivity contribution in [1.82, 2.24) is 9.21 Å². The number of rotatable bonds is 9. The fourth-order valence-electron chi connectivity index (χ4n) is 5.52. The Bertz CT molecular complexity index is 1610. The molecule has 0 aliphatic carbocycles. The van der Waals surface area contributed by atoms with Crippen molar-refractivity contribution < 1.29 is 46.3 Å². The number of amides is 2. The van der Waals surface area contributed by atoms with Crippen LogP contribution < -0.4 is 4.90 Å². The van der Waals surface area contributed by atoms with E-state index < -0.39 is 46.1 Å². The number of hydrogen-bond donors (Lipinski definition) is 2. The number of aromatic hydroxyl groups is 1. The van der Waals surface area contributed by atoms with Crippen LogP contribution in [0, 0.1) is 17.6 Å². The normalized spacial score (nSPS) is 19.9. The number of nitrogens with zero attached hydrogens (tertiary/aromatic N) is 3. The molecule has 0 aromatic heterocycles. The van der Waals surface area contributed by atoms with Crippen LogP contribution in [0.3, 0.4) is 0 Å². The number of phenols is 1. The van der Waals surface area contributed by atoms with Gasteiger partial charge in [-0.25, -0.2) is 26.3 Å². The number of aliphatic hydroxyl groups is 1. The molecular formula is C30H30F2N3O8S-. The second-order valence-electron chi connectivity index (χ2n) is 10.7. The SMILES string of the molecule is O=C(OCc1ccc([C@@H]2[C@@H](CC[C@H](O)c3ccc(F)cc3)C(=O)N2c2ccc(F)cc2)c(O)c1)N1CCN(S(=O)(=O)[O-])CC1. The van der Waals surface area contributed by atoms with Gasteiger partial charge in [0.1, 0.15) is 24.0 Å². The van der Waals surface area contributed by atoms with Crippen molar-refractivity contribution in [3.63, 3.8) is 0 Å². The van der Waals surface area contributed by atoms with Crippen molar-refractivity contribution >= 4 is 28.0 Å². The summed E-state index contributed by atoms with van der Waals surface area (Å²) in [7, 11) is -4.59. The summed E-state index contributed by atoms with van der Waals surface area (Å²) in [5, 5.41) is 21.7. The molecule has 3 aromatic rings. The van der Waals surface area contributed by atoms with Gasteiger partial charge in [0, 0.05) is 37.4 Å². The molecule has 2 N–H and O–H groups in total. The third-order valence-corrected chi connectivity index (χ3v) is 8.91. The minimum atomic E-state index is -4.59. The summed E-state index contributed by atoms with van der Waals surface area (Å²) in [5.74, 6) is -1.97. The summed E-state index contributed by atoms with van der Waals surface area (Å²) in [6.45, 7) is -0.481.